The molecule has 0 aliphatic carbocycles. The summed E-state index contributed by atoms with van der Waals surface area (Å²) in [5, 5.41) is 0.365. The fraction of sp³-hybridized carbons (Fsp3) is 0.438. The molecule has 2 atom stereocenters. The van der Waals surface area contributed by atoms with Crippen molar-refractivity contribution in [2.24, 2.45) is 15.9 Å². The van der Waals surface area contributed by atoms with E-state index in [2.05, 4.69) is 30.7 Å². The van der Waals surface area contributed by atoms with Crippen molar-refractivity contribution in [1.82, 2.24) is 0 Å². The number of hydrogen-bond acceptors (Lipinski definition) is 5. The number of halogens is 1. The van der Waals surface area contributed by atoms with Gasteiger partial charge in [-0.25, -0.2) is 9.79 Å². The summed E-state index contributed by atoms with van der Waals surface area (Å²) in [6.45, 7) is 6.43. The maximum Gasteiger partial charge on any atom is 0.337 e. The van der Waals surface area contributed by atoms with Crippen LogP contribution in [0, 0.1) is 5.92 Å². The Hall–Kier alpha value is -1.88. The molecule has 22 heavy (non-hydrogen) atoms. The van der Waals surface area contributed by atoms with Gasteiger partial charge in [0, 0.05) is 0 Å². The minimum absolute atomic E-state index is 0.171. The molecule has 2 aliphatic rings. The third-order valence-electron chi connectivity index (χ3n) is 4.14. The quantitative estimate of drug-likeness (QED) is 0.785. The highest BCUT2D eigenvalue weighted by Gasteiger charge is 2.40. The molecule has 0 saturated heterocycles. The van der Waals surface area contributed by atoms with Gasteiger partial charge in [0.2, 0.25) is 0 Å². The van der Waals surface area contributed by atoms with Gasteiger partial charge < -0.3 is 9.64 Å². The normalized spacial score (nSPS) is 22.9. The Morgan fingerprint density at radius 1 is 1.41 bits per heavy atom. The van der Waals surface area contributed by atoms with Gasteiger partial charge in [0.15, 0.2) is 11.0 Å². The van der Waals surface area contributed by atoms with Gasteiger partial charge in [0.05, 0.1) is 36.1 Å². The SMILES string of the molecule is COC(=O)c1ccc2c(c1)N=C(Cl)C1=NC(C(C)C)C(C)N12. The molecule has 0 aromatic heterocycles. The van der Waals surface area contributed by atoms with Crippen LogP contribution in [0.3, 0.4) is 0 Å². The first-order valence-corrected chi connectivity index (χ1v) is 7.65. The van der Waals surface area contributed by atoms with Gasteiger partial charge in [-0.05, 0) is 31.0 Å². The first-order valence-electron chi connectivity index (χ1n) is 7.28. The number of carbonyl (C=O) groups excluding carboxylic acids is 1. The molecule has 1 aromatic rings. The minimum Gasteiger partial charge on any atom is -0.465 e. The maximum absolute atomic E-state index is 11.7. The van der Waals surface area contributed by atoms with E-state index in [1.807, 2.05) is 6.07 Å². The van der Waals surface area contributed by atoms with Gasteiger partial charge in [0.25, 0.3) is 0 Å². The van der Waals surface area contributed by atoms with Crippen molar-refractivity contribution in [3.8, 4) is 0 Å². The summed E-state index contributed by atoms with van der Waals surface area (Å²) in [5.41, 5.74) is 2.05. The van der Waals surface area contributed by atoms with Crippen molar-refractivity contribution in [2.75, 3.05) is 12.0 Å². The Bertz CT molecular complexity index is 697. The fourth-order valence-electron chi connectivity index (χ4n) is 3.07. The molecule has 0 bridgehead atoms. The number of methoxy groups -OCH3 is 1. The van der Waals surface area contributed by atoms with Gasteiger partial charge in [-0.1, -0.05) is 25.4 Å². The second-order valence-electron chi connectivity index (χ2n) is 5.90. The molecule has 0 fully saturated rings. The smallest absolute Gasteiger partial charge is 0.337 e. The Balaban J connectivity index is 2.08. The third kappa shape index (κ3) is 2.20. The number of rotatable bonds is 2. The molecule has 6 heteroatoms. The van der Waals surface area contributed by atoms with Crippen LogP contribution in [0.5, 0.6) is 0 Å². The molecule has 0 spiro atoms. The molecule has 1 aromatic carbocycles. The molecule has 2 heterocycles. The summed E-state index contributed by atoms with van der Waals surface area (Å²) in [6.07, 6.45) is 0. The van der Waals surface area contributed by atoms with Crippen molar-refractivity contribution in [3.05, 3.63) is 23.8 Å². The molecule has 0 saturated carbocycles. The van der Waals surface area contributed by atoms with Crippen molar-refractivity contribution >= 4 is 40.0 Å². The zero-order chi connectivity index (χ0) is 16.0. The molecular formula is C16H18ClN3O2. The zero-order valence-electron chi connectivity index (χ0n) is 13.0. The van der Waals surface area contributed by atoms with E-state index < -0.39 is 0 Å². The summed E-state index contributed by atoms with van der Waals surface area (Å²) in [5.74, 6) is 0.740. The van der Waals surface area contributed by atoms with Crippen LogP contribution < -0.4 is 4.90 Å². The first-order chi connectivity index (χ1) is 10.4. The number of anilines is 1. The van der Waals surface area contributed by atoms with Gasteiger partial charge in [-0.3, -0.25) is 4.99 Å². The van der Waals surface area contributed by atoms with Gasteiger partial charge in [-0.15, -0.1) is 0 Å². The number of carbonyl (C=O) groups is 1. The molecule has 3 rings (SSSR count). The van der Waals surface area contributed by atoms with Crippen molar-refractivity contribution in [2.45, 2.75) is 32.9 Å². The van der Waals surface area contributed by atoms with E-state index in [9.17, 15) is 4.79 Å². The van der Waals surface area contributed by atoms with E-state index in [1.165, 1.54) is 7.11 Å². The lowest BCUT2D eigenvalue weighted by atomic mass is 9.98. The number of hydrogen-bond donors (Lipinski definition) is 0. The summed E-state index contributed by atoms with van der Waals surface area (Å²) in [6, 6.07) is 5.69. The number of aliphatic imine (C=N–C) groups is 2. The van der Waals surface area contributed by atoms with Crippen LogP contribution in [0.15, 0.2) is 28.2 Å². The third-order valence-corrected chi connectivity index (χ3v) is 4.40. The Morgan fingerprint density at radius 2 is 2.14 bits per heavy atom. The van der Waals surface area contributed by atoms with Gasteiger partial charge in [0.1, 0.15) is 0 Å². The van der Waals surface area contributed by atoms with Crippen molar-refractivity contribution in [3.63, 3.8) is 0 Å². The van der Waals surface area contributed by atoms with Crippen LogP contribution in [0.2, 0.25) is 0 Å². The van der Waals surface area contributed by atoms with E-state index in [0.29, 0.717) is 28.2 Å². The summed E-state index contributed by atoms with van der Waals surface area (Å²) < 4.78 is 4.75. The topological polar surface area (TPSA) is 54.3 Å². The predicted molar refractivity (Wildman–Crippen MR) is 88.7 cm³/mol. The number of ether oxygens (including phenoxy) is 1. The fourth-order valence-corrected chi connectivity index (χ4v) is 3.30. The lowest BCUT2D eigenvalue weighted by Crippen LogP contribution is -2.42. The highest BCUT2D eigenvalue weighted by atomic mass is 35.5. The monoisotopic (exact) mass is 319 g/mol. The summed E-state index contributed by atoms with van der Waals surface area (Å²) >= 11 is 6.31. The van der Waals surface area contributed by atoms with E-state index in [1.54, 1.807) is 12.1 Å². The Morgan fingerprint density at radius 3 is 2.77 bits per heavy atom. The Kier molecular flexibility index (Phi) is 3.68. The summed E-state index contributed by atoms with van der Waals surface area (Å²) in [4.78, 5) is 22.9. The lowest BCUT2D eigenvalue weighted by Gasteiger charge is -2.31. The second kappa shape index (κ2) is 5.39. The van der Waals surface area contributed by atoms with E-state index in [-0.39, 0.29) is 18.1 Å². The zero-order valence-corrected chi connectivity index (χ0v) is 13.8. The van der Waals surface area contributed by atoms with Crippen LogP contribution in [0.1, 0.15) is 31.1 Å². The average Bonchev–Trinajstić information content (AvgIpc) is 2.85. The highest BCUT2D eigenvalue weighted by molar-refractivity contribution is 6.85. The van der Waals surface area contributed by atoms with Gasteiger partial charge in [-0.2, -0.15) is 0 Å². The van der Waals surface area contributed by atoms with E-state index >= 15 is 0 Å². The predicted octanol–water partition coefficient (Wildman–Crippen LogP) is 3.39. The second-order valence-corrected chi connectivity index (χ2v) is 6.25. The molecule has 116 valence electrons. The number of nitrogens with zero attached hydrogens (tertiary/aromatic N) is 3. The maximum atomic E-state index is 11.7. The molecule has 0 N–H and O–H groups in total. The Labute approximate surface area is 134 Å². The standard InChI is InChI=1S/C16H18ClN3O2/c1-8(2)13-9(3)20-12-6-5-10(16(21)22-4)7-11(12)18-14(17)15(20)19-13/h5-9,13H,1-4H3. The minimum atomic E-state index is -0.386. The van der Waals surface area contributed by atoms with Crippen molar-refractivity contribution in [1.29, 1.82) is 0 Å². The van der Waals surface area contributed by atoms with Crippen LogP contribution in [0.4, 0.5) is 11.4 Å². The van der Waals surface area contributed by atoms with E-state index in [4.69, 9.17) is 21.3 Å². The molecule has 2 aliphatic heterocycles. The average molecular weight is 320 g/mol. The molecule has 0 amide bonds. The van der Waals surface area contributed by atoms with E-state index in [0.717, 1.165) is 5.69 Å². The van der Waals surface area contributed by atoms with Crippen LogP contribution in [-0.2, 0) is 4.74 Å². The van der Waals surface area contributed by atoms with Gasteiger partial charge >= 0.3 is 5.97 Å². The summed E-state index contributed by atoms with van der Waals surface area (Å²) in [7, 11) is 1.36. The van der Waals surface area contributed by atoms with Crippen molar-refractivity contribution < 1.29 is 9.53 Å². The first kappa shape index (κ1) is 15.0. The number of benzene rings is 1. The molecule has 2 unspecified atom stereocenters. The molecule has 0 radical (unpaired) electrons. The number of fused-ring (bicyclic) bond motifs is 3. The number of amidine groups is 1. The molecular weight excluding hydrogens is 302 g/mol. The number of esters is 1. The van der Waals surface area contributed by atoms with Crippen LogP contribution in [-0.4, -0.2) is 36.2 Å². The lowest BCUT2D eigenvalue weighted by molar-refractivity contribution is 0.0601. The largest absolute Gasteiger partial charge is 0.465 e. The highest BCUT2D eigenvalue weighted by Crippen LogP contribution is 2.40. The molecule has 5 nitrogen and oxygen atoms in total. The van der Waals surface area contributed by atoms with Crippen LogP contribution >= 0.6 is 11.6 Å². The van der Waals surface area contributed by atoms with Crippen LogP contribution in [0.25, 0.3) is 0 Å².